The molecule has 1 saturated carbocycles. The molecule has 2 unspecified atom stereocenters. The minimum absolute atomic E-state index is 0.419. The summed E-state index contributed by atoms with van der Waals surface area (Å²) in [5, 5.41) is 15.5. The Morgan fingerprint density at radius 1 is 1.32 bits per heavy atom. The van der Waals surface area contributed by atoms with Crippen molar-refractivity contribution in [2.24, 2.45) is 0 Å². The van der Waals surface area contributed by atoms with Crippen LogP contribution in [0.4, 0.5) is 6.01 Å². The monoisotopic (exact) mass is 284 g/mol. The third-order valence-electron chi connectivity index (χ3n) is 3.44. The van der Waals surface area contributed by atoms with Crippen LogP contribution < -0.4 is 10.6 Å². The molecule has 0 amide bonds. The van der Waals surface area contributed by atoms with E-state index in [-0.39, 0.29) is 0 Å². The minimum atomic E-state index is 0.419. The molecule has 5 nitrogen and oxygen atoms in total. The van der Waals surface area contributed by atoms with Crippen molar-refractivity contribution in [3.8, 4) is 0 Å². The zero-order valence-corrected chi connectivity index (χ0v) is 12.8. The van der Waals surface area contributed by atoms with Crippen LogP contribution in [0.15, 0.2) is 4.42 Å². The van der Waals surface area contributed by atoms with Crippen molar-refractivity contribution in [2.45, 2.75) is 63.4 Å². The molecule has 0 saturated heterocycles. The zero-order chi connectivity index (χ0) is 13.7. The molecule has 0 radical (unpaired) electrons. The van der Waals surface area contributed by atoms with Crippen LogP contribution >= 0.6 is 11.8 Å². The summed E-state index contributed by atoms with van der Waals surface area (Å²) < 4.78 is 5.62. The summed E-state index contributed by atoms with van der Waals surface area (Å²) >= 11 is 1.93. The van der Waals surface area contributed by atoms with Crippen LogP contribution in [0.25, 0.3) is 0 Å². The second-order valence-corrected chi connectivity index (χ2v) is 6.42. The van der Waals surface area contributed by atoms with Crippen molar-refractivity contribution in [3.05, 3.63) is 5.89 Å². The van der Waals surface area contributed by atoms with E-state index in [1.54, 1.807) is 0 Å². The van der Waals surface area contributed by atoms with E-state index in [2.05, 4.69) is 40.9 Å². The van der Waals surface area contributed by atoms with E-state index >= 15 is 0 Å². The fraction of sp³-hybridized carbons (Fsp3) is 0.846. The van der Waals surface area contributed by atoms with Gasteiger partial charge in [0.25, 0.3) is 0 Å². The highest BCUT2D eigenvalue weighted by Gasteiger charge is 2.25. The lowest BCUT2D eigenvalue weighted by atomic mass is 9.95. The molecule has 108 valence electrons. The summed E-state index contributed by atoms with van der Waals surface area (Å²) in [5.41, 5.74) is 0. The summed E-state index contributed by atoms with van der Waals surface area (Å²) in [6.07, 6.45) is 7.25. The predicted octanol–water partition coefficient (Wildman–Crippen LogP) is 2.65. The van der Waals surface area contributed by atoms with Gasteiger partial charge in [0, 0.05) is 17.3 Å². The van der Waals surface area contributed by atoms with Crippen LogP contribution in [0.5, 0.6) is 0 Å². The van der Waals surface area contributed by atoms with Crippen LogP contribution in [-0.4, -0.2) is 33.8 Å². The molecule has 1 aliphatic carbocycles. The van der Waals surface area contributed by atoms with Gasteiger partial charge in [-0.2, -0.15) is 11.8 Å². The van der Waals surface area contributed by atoms with Gasteiger partial charge in [-0.15, -0.1) is 5.10 Å². The fourth-order valence-corrected chi connectivity index (χ4v) is 3.31. The first kappa shape index (κ1) is 14.7. The standard InChI is InChI=1S/C13H24N4OS/c1-9(2)14-8-12-16-17-13(18-12)15-10-6-4-5-7-11(10)19-3/h9-11,14H,4-8H2,1-3H3,(H,15,17). The number of thioether (sulfide) groups is 1. The van der Waals surface area contributed by atoms with E-state index in [9.17, 15) is 0 Å². The van der Waals surface area contributed by atoms with Gasteiger partial charge in [-0.1, -0.05) is 31.8 Å². The highest BCUT2D eigenvalue weighted by atomic mass is 32.2. The normalized spacial score (nSPS) is 23.8. The second-order valence-electron chi connectivity index (χ2n) is 5.35. The second kappa shape index (κ2) is 7.14. The number of nitrogens with one attached hydrogen (secondary N) is 2. The van der Waals surface area contributed by atoms with Gasteiger partial charge in [0.15, 0.2) is 0 Å². The Hall–Kier alpha value is -0.750. The van der Waals surface area contributed by atoms with Crippen LogP contribution in [0, 0.1) is 0 Å². The summed E-state index contributed by atoms with van der Waals surface area (Å²) in [4.78, 5) is 0. The van der Waals surface area contributed by atoms with Crippen molar-refractivity contribution in [2.75, 3.05) is 11.6 Å². The maximum absolute atomic E-state index is 5.62. The third kappa shape index (κ3) is 4.38. The molecular formula is C13H24N4OS. The Morgan fingerprint density at radius 2 is 2.11 bits per heavy atom. The molecule has 2 atom stereocenters. The van der Waals surface area contributed by atoms with Crippen LogP contribution in [0.3, 0.4) is 0 Å². The Morgan fingerprint density at radius 3 is 2.84 bits per heavy atom. The smallest absolute Gasteiger partial charge is 0.315 e. The van der Waals surface area contributed by atoms with Gasteiger partial charge in [-0.25, -0.2) is 0 Å². The number of anilines is 1. The maximum atomic E-state index is 5.62. The van der Waals surface area contributed by atoms with Gasteiger partial charge in [0.1, 0.15) is 0 Å². The molecule has 6 heteroatoms. The Balaban J connectivity index is 1.88. The summed E-state index contributed by atoms with van der Waals surface area (Å²) in [5.74, 6) is 0.646. The van der Waals surface area contributed by atoms with Crippen LogP contribution in [0.1, 0.15) is 45.4 Å². The number of nitrogens with zero attached hydrogens (tertiary/aromatic N) is 2. The molecule has 2 rings (SSSR count). The van der Waals surface area contributed by atoms with Crippen molar-refractivity contribution < 1.29 is 4.42 Å². The molecule has 2 N–H and O–H groups in total. The zero-order valence-electron chi connectivity index (χ0n) is 12.0. The molecule has 0 aromatic carbocycles. The van der Waals surface area contributed by atoms with Gasteiger partial charge >= 0.3 is 6.01 Å². The molecule has 0 bridgehead atoms. The van der Waals surface area contributed by atoms with E-state index in [1.807, 2.05) is 11.8 Å². The van der Waals surface area contributed by atoms with Gasteiger partial charge in [-0.05, 0) is 19.1 Å². The van der Waals surface area contributed by atoms with Gasteiger partial charge < -0.3 is 15.1 Å². The third-order valence-corrected chi connectivity index (χ3v) is 4.61. The van der Waals surface area contributed by atoms with Gasteiger partial charge in [-0.3, -0.25) is 0 Å². The topological polar surface area (TPSA) is 63.0 Å². The van der Waals surface area contributed by atoms with Crippen molar-refractivity contribution in [1.29, 1.82) is 0 Å². The molecule has 1 aliphatic rings. The van der Waals surface area contributed by atoms with Gasteiger partial charge in [0.2, 0.25) is 5.89 Å². The quantitative estimate of drug-likeness (QED) is 0.837. The SMILES string of the molecule is CSC1CCCCC1Nc1nnc(CNC(C)C)o1. The highest BCUT2D eigenvalue weighted by Crippen LogP contribution is 2.29. The van der Waals surface area contributed by atoms with E-state index in [4.69, 9.17) is 4.42 Å². The first-order valence-corrected chi connectivity index (χ1v) is 8.33. The maximum Gasteiger partial charge on any atom is 0.315 e. The van der Waals surface area contributed by atoms with E-state index in [1.165, 1.54) is 25.7 Å². The molecule has 1 aromatic rings. The molecule has 1 heterocycles. The highest BCUT2D eigenvalue weighted by molar-refractivity contribution is 7.99. The van der Waals surface area contributed by atoms with E-state index < -0.39 is 0 Å². The molecule has 1 fully saturated rings. The summed E-state index contributed by atoms with van der Waals surface area (Å²) in [6, 6.07) is 1.43. The molecule has 0 aliphatic heterocycles. The lowest BCUT2D eigenvalue weighted by Crippen LogP contribution is -2.34. The number of aromatic nitrogens is 2. The molecule has 0 spiro atoms. The van der Waals surface area contributed by atoms with Gasteiger partial charge in [0.05, 0.1) is 6.54 Å². The summed E-state index contributed by atoms with van der Waals surface area (Å²) in [7, 11) is 0. The van der Waals surface area contributed by atoms with Crippen molar-refractivity contribution in [3.63, 3.8) is 0 Å². The minimum Gasteiger partial charge on any atom is -0.407 e. The van der Waals surface area contributed by atoms with Crippen LogP contribution in [-0.2, 0) is 6.54 Å². The first-order chi connectivity index (χ1) is 9.19. The lowest BCUT2D eigenvalue weighted by Gasteiger charge is -2.30. The lowest BCUT2D eigenvalue weighted by molar-refractivity contribution is 0.436. The molecule has 1 aromatic heterocycles. The first-order valence-electron chi connectivity index (χ1n) is 7.04. The van der Waals surface area contributed by atoms with Crippen molar-refractivity contribution >= 4 is 17.8 Å². The Bertz CT molecular complexity index is 382. The molecule has 19 heavy (non-hydrogen) atoms. The molecular weight excluding hydrogens is 260 g/mol. The largest absolute Gasteiger partial charge is 0.407 e. The number of hydrogen-bond acceptors (Lipinski definition) is 6. The average molecular weight is 284 g/mol. The van der Waals surface area contributed by atoms with Crippen LogP contribution in [0.2, 0.25) is 0 Å². The Labute approximate surface area is 119 Å². The average Bonchev–Trinajstić information content (AvgIpc) is 2.85. The number of hydrogen-bond donors (Lipinski definition) is 2. The predicted molar refractivity (Wildman–Crippen MR) is 79.5 cm³/mol. The van der Waals surface area contributed by atoms with E-state index in [0.29, 0.717) is 35.8 Å². The Kier molecular flexibility index (Phi) is 5.51. The van der Waals surface area contributed by atoms with Crippen molar-refractivity contribution in [1.82, 2.24) is 15.5 Å². The van der Waals surface area contributed by atoms with E-state index in [0.717, 1.165) is 0 Å². The number of rotatable bonds is 6. The summed E-state index contributed by atoms with van der Waals surface area (Å²) in [6.45, 7) is 4.82. The fourth-order valence-electron chi connectivity index (χ4n) is 2.38.